The van der Waals surface area contributed by atoms with Crippen molar-refractivity contribution in [3.05, 3.63) is 70.5 Å². The van der Waals surface area contributed by atoms with Gasteiger partial charge in [0, 0.05) is 53.7 Å². The number of halogens is 2. The average Bonchev–Trinajstić information content (AvgIpc) is 3.21. The van der Waals surface area contributed by atoms with Crippen LogP contribution >= 0.6 is 11.6 Å². The van der Waals surface area contributed by atoms with Crippen LogP contribution in [0.25, 0.3) is 22.2 Å². The molecule has 0 N–H and O–H groups in total. The van der Waals surface area contributed by atoms with Crippen molar-refractivity contribution in [1.82, 2.24) is 19.7 Å². The Kier molecular flexibility index (Phi) is 5.31. The molecule has 1 aliphatic rings. The fourth-order valence-corrected chi connectivity index (χ4v) is 4.26. The van der Waals surface area contributed by atoms with Crippen LogP contribution in [0.5, 0.6) is 0 Å². The molecule has 0 unspecified atom stereocenters. The Morgan fingerprint density at radius 2 is 1.91 bits per heavy atom. The van der Waals surface area contributed by atoms with E-state index < -0.39 is 0 Å². The van der Waals surface area contributed by atoms with Crippen LogP contribution in [0.3, 0.4) is 0 Å². The molecule has 0 saturated carbocycles. The first-order valence-corrected chi connectivity index (χ1v) is 10.9. The van der Waals surface area contributed by atoms with E-state index in [4.69, 9.17) is 26.3 Å². The van der Waals surface area contributed by atoms with Crippen molar-refractivity contribution in [1.29, 1.82) is 0 Å². The van der Waals surface area contributed by atoms with Gasteiger partial charge in [0.2, 0.25) is 0 Å². The maximum atomic E-state index is 14.9. The fourth-order valence-electron chi connectivity index (χ4n) is 4.10. The monoisotopic (exact) mass is 451 g/mol. The zero-order valence-electron chi connectivity index (χ0n) is 18.1. The Morgan fingerprint density at radius 3 is 2.66 bits per heavy atom. The van der Waals surface area contributed by atoms with E-state index in [2.05, 4.69) is 10.00 Å². The van der Waals surface area contributed by atoms with Crippen molar-refractivity contribution >= 4 is 28.3 Å². The number of aromatic nitrogens is 4. The molecule has 8 heteroatoms. The maximum absolute atomic E-state index is 14.9. The molecule has 0 amide bonds. The SMILES string of the molecule is Cc1nc2cc(N3CCO[C@H](c4cnn(C)c4)C3)cc(-c3ccc(Cl)cc3F)c2nc1C. The summed E-state index contributed by atoms with van der Waals surface area (Å²) in [5.41, 5.74) is 6.23. The topological polar surface area (TPSA) is 56.1 Å². The van der Waals surface area contributed by atoms with Gasteiger partial charge in [0.1, 0.15) is 11.9 Å². The Hall–Kier alpha value is -3.03. The van der Waals surface area contributed by atoms with Gasteiger partial charge in [-0.25, -0.2) is 14.4 Å². The lowest BCUT2D eigenvalue weighted by Crippen LogP contribution is -2.38. The molecule has 1 atom stereocenters. The predicted octanol–water partition coefficient (Wildman–Crippen LogP) is 5.02. The van der Waals surface area contributed by atoms with Gasteiger partial charge in [0.05, 0.1) is 35.2 Å². The molecule has 0 radical (unpaired) electrons. The van der Waals surface area contributed by atoms with Gasteiger partial charge in [-0.2, -0.15) is 5.10 Å². The third kappa shape index (κ3) is 3.82. The molecule has 2 aromatic heterocycles. The van der Waals surface area contributed by atoms with E-state index in [1.54, 1.807) is 16.8 Å². The van der Waals surface area contributed by atoms with Crippen molar-refractivity contribution in [2.45, 2.75) is 20.0 Å². The van der Waals surface area contributed by atoms with E-state index in [9.17, 15) is 4.39 Å². The largest absolute Gasteiger partial charge is 0.370 e. The van der Waals surface area contributed by atoms with Crippen LogP contribution in [-0.2, 0) is 11.8 Å². The molecule has 1 aliphatic heterocycles. The predicted molar refractivity (Wildman–Crippen MR) is 124 cm³/mol. The van der Waals surface area contributed by atoms with Gasteiger partial charge < -0.3 is 9.64 Å². The lowest BCUT2D eigenvalue weighted by atomic mass is 10.0. The number of ether oxygens (including phenoxy) is 1. The van der Waals surface area contributed by atoms with Crippen LogP contribution in [0, 0.1) is 19.7 Å². The maximum Gasteiger partial charge on any atom is 0.132 e. The summed E-state index contributed by atoms with van der Waals surface area (Å²) in [6.45, 7) is 5.82. The standard InChI is InChI=1S/C24H23ClFN5O/c1-14-15(2)29-24-20(19-5-4-17(25)8-21(19)26)9-18(10-22(24)28-14)31-6-7-32-23(13-31)16-11-27-30(3)12-16/h4-5,8-12,23H,6-7,13H2,1-3H3/t23-/m0/s1. The molecular formula is C24H23ClFN5O. The second-order valence-corrected chi connectivity index (χ2v) is 8.57. The van der Waals surface area contributed by atoms with Gasteiger partial charge >= 0.3 is 0 Å². The molecule has 0 bridgehead atoms. The Labute approximate surface area is 190 Å². The van der Waals surface area contributed by atoms with E-state index >= 15 is 0 Å². The number of fused-ring (bicyclic) bond motifs is 1. The number of benzene rings is 2. The molecule has 2 aromatic carbocycles. The minimum atomic E-state index is -0.383. The first-order chi connectivity index (χ1) is 15.4. The number of nitrogens with zero attached hydrogens (tertiary/aromatic N) is 5. The molecule has 3 heterocycles. The van der Waals surface area contributed by atoms with Crippen LogP contribution in [-0.4, -0.2) is 39.4 Å². The van der Waals surface area contributed by atoms with E-state index in [-0.39, 0.29) is 11.9 Å². The van der Waals surface area contributed by atoms with E-state index in [0.717, 1.165) is 34.7 Å². The molecule has 32 heavy (non-hydrogen) atoms. The number of rotatable bonds is 3. The summed E-state index contributed by atoms with van der Waals surface area (Å²) >= 11 is 6.00. The highest BCUT2D eigenvalue weighted by atomic mass is 35.5. The van der Waals surface area contributed by atoms with Crippen LogP contribution in [0.4, 0.5) is 10.1 Å². The van der Waals surface area contributed by atoms with E-state index in [1.165, 1.54) is 6.07 Å². The molecule has 1 saturated heterocycles. The minimum absolute atomic E-state index is 0.0882. The van der Waals surface area contributed by atoms with Gasteiger partial charge in [-0.15, -0.1) is 0 Å². The molecular weight excluding hydrogens is 429 g/mol. The summed E-state index contributed by atoms with van der Waals surface area (Å²) in [6.07, 6.45) is 3.72. The van der Waals surface area contributed by atoms with Crippen LogP contribution in [0.1, 0.15) is 23.1 Å². The highest BCUT2D eigenvalue weighted by Crippen LogP contribution is 2.36. The Balaban J connectivity index is 1.62. The molecule has 0 aliphatic carbocycles. The summed E-state index contributed by atoms with van der Waals surface area (Å²) in [5, 5.41) is 4.63. The van der Waals surface area contributed by atoms with Gasteiger partial charge in [-0.05, 0) is 44.2 Å². The zero-order valence-corrected chi connectivity index (χ0v) is 18.9. The summed E-state index contributed by atoms with van der Waals surface area (Å²) in [6, 6.07) is 8.74. The Bertz CT molecular complexity index is 1320. The van der Waals surface area contributed by atoms with Crippen molar-refractivity contribution in [3.63, 3.8) is 0 Å². The average molecular weight is 452 g/mol. The molecule has 6 nitrogen and oxygen atoms in total. The molecule has 164 valence electrons. The van der Waals surface area contributed by atoms with Gasteiger partial charge in [0.25, 0.3) is 0 Å². The quantitative estimate of drug-likeness (QED) is 0.438. The van der Waals surface area contributed by atoms with Crippen molar-refractivity contribution in [3.8, 4) is 11.1 Å². The van der Waals surface area contributed by atoms with Crippen molar-refractivity contribution < 1.29 is 9.13 Å². The molecule has 5 rings (SSSR count). The molecule has 1 fully saturated rings. The van der Waals surface area contributed by atoms with Crippen LogP contribution < -0.4 is 4.90 Å². The summed E-state index contributed by atoms with van der Waals surface area (Å²) in [7, 11) is 1.89. The number of anilines is 1. The highest BCUT2D eigenvalue weighted by Gasteiger charge is 2.25. The third-order valence-electron chi connectivity index (χ3n) is 5.92. The van der Waals surface area contributed by atoms with Crippen molar-refractivity contribution in [2.24, 2.45) is 7.05 Å². The second kappa shape index (κ2) is 8.15. The highest BCUT2D eigenvalue weighted by molar-refractivity contribution is 6.30. The number of aryl methyl sites for hydroxylation is 3. The van der Waals surface area contributed by atoms with Crippen LogP contribution in [0.15, 0.2) is 42.7 Å². The first-order valence-electron chi connectivity index (χ1n) is 10.5. The number of morpholine rings is 1. The summed E-state index contributed by atoms with van der Waals surface area (Å²) in [5.74, 6) is -0.383. The second-order valence-electron chi connectivity index (χ2n) is 8.13. The Morgan fingerprint density at radius 1 is 1.09 bits per heavy atom. The first kappa shape index (κ1) is 20.8. The fraction of sp³-hybridized carbons (Fsp3) is 0.292. The normalized spacial score (nSPS) is 16.7. The van der Waals surface area contributed by atoms with Crippen molar-refractivity contribution in [2.75, 3.05) is 24.6 Å². The lowest BCUT2D eigenvalue weighted by Gasteiger charge is -2.34. The van der Waals surface area contributed by atoms with E-state index in [0.29, 0.717) is 34.8 Å². The molecule has 4 aromatic rings. The van der Waals surface area contributed by atoms with Crippen LogP contribution in [0.2, 0.25) is 5.02 Å². The lowest BCUT2D eigenvalue weighted by molar-refractivity contribution is 0.0397. The third-order valence-corrected chi connectivity index (χ3v) is 6.15. The number of hydrogen-bond acceptors (Lipinski definition) is 5. The smallest absolute Gasteiger partial charge is 0.132 e. The summed E-state index contributed by atoms with van der Waals surface area (Å²) in [4.78, 5) is 11.8. The minimum Gasteiger partial charge on any atom is -0.370 e. The van der Waals surface area contributed by atoms with Gasteiger partial charge in [0.15, 0.2) is 0 Å². The zero-order chi connectivity index (χ0) is 22.4. The summed E-state index contributed by atoms with van der Waals surface area (Å²) < 4.78 is 22.7. The van der Waals surface area contributed by atoms with Gasteiger partial charge in [-0.3, -0.25) is 4.68 Å². The van der Waals surface area contributed by atoms with E-state index in [1.807, 2.05) is 45.4 Å². The number of hydrogen-bond donors (Lipinski definition) is 0. The van der Waals surface area contributed by atoms with Gasteiger partial charge in [-0.1, -0.05) is 11.6 Å². The molecule has 0 spiro atoms.